The lowest BCUT2D eigenvalue weighted by molar-refractivity contribution is 0.0983. The number of Topliss-reactive ketones (excluding diaryl/α,β-unsaturated/α-hetero) is 1. The largest absolute Gasteiger partial charge is 0.329 e. The van der Waals surface area contributed by atoms with Gasteiger partial charge in [0.05, 0.1) is 0 Å². The molecule has 0 spiro atoms. The third-order valence-electron chi connectivity index (χ3n) is 1.23. The molecule has 0 fully saturated rings. The lowest BCUT2D eigenvalue weighted by atomic mass is 10.2. The summed E-state index contributed by atoms with van der Waals surface area (Å²) in [7, 11) is 0. The number of H-pyrrole nitrogens is 1. The molecule has 0 saturated carbocycles. The van der Waals surface area contributed by atoms with Crippen molar-refractivity contribution in [2.45, 2.75) is 13.3 Å². The maximum Gasteiger partial charge on any atom is 0.181 e. The van der Waals surface area contributed by atoms with E-state index in [4.69, 9.17) is 0 Å². The zero-order chi connectivity index (χ0) is 8.43. The first-order chi connectivity index (χ1) is 5.15. The lowest BCUT2D eigenvalue weighted by Crippen LogP contribution is -1.97. The van der Waals surface area contributed by atoms with Crippen molar-refractivity contribution in [3.63, 3.8) is 0 Å². The van der Waals surface area contributed by atoms with Gasteiger partial charge in [0, 0.05) is 6.42 Å². The van der Waals surface area contributed by atoms with E-state index < -0.39 is 0 Å². The van der Waals surface area contributed by atoms with Crippen LogP contribution in [0, 0.1) is 0 Å². The number of ketones is 1. The van der Waals surface area contributed by atoms with Crippen LogP contribution in [0.5, 0.6) is 0 Å². The van der Waals surface area contributed by atoms with Gasteiger partial charge < -0.3 is 4.98 Å². The van der Waals surface area contributed by atoms with Crippen LogP contribution in [0.15, 0.2) is 9.34 Å². The third kappa shape index (κ3) is 1.90. The van der Waals surface area contributed by atoms with E-state index in [1.807, 2.05) is 6.92 Å². The summed E-state index contributed by atoms with van der Waals surface area (Å²) in [6.07, 6.45) is 0.479. The number of imidazole rings is 1. The second-order valence-corrected chi connectivity index (χ2v) is 3.47. The highest BCUT2D eigenvalue weighted by atomic mass is 79.9. The molecule has 0 aromatic carbocycles. The molecule has 0 aliphatic carbocycles. The molecule has 1 aromatic rings. The molecular formula is C6H6Br2N2O. The van der Waals surface area contributed by atoms with E-state index in [-0.39, 0.29) is 5.78 Å². The van der Waals surface area contributed by atoms with Gasteiger partial charge in [-0.3, -0.25) is 4.79 Å². The molecule has 0 amide bonds. The number of aromatic nitrogens is 2. The normalized spacial score (nSPS) is 10.1. The number of rotatable bonds is 2. The smallest absolute Gasteiger partial charge is 0.181 e. The van der Waals surface area contributed by atoms with Gasteiger partial charge in [-0.15, -0.1) is 0 Å². The van der Waals surface area contributed by atoms with E-state index in [1.165, 1.54) is 0 Å². The van der Waals surface area contributed by atoms with Crippen molar-refractivity contribution in [2.24, 2.45) is 0 Å². The summed E-state index contributed by atoms with van der Waals surface area (Å²) in [6, 6.07) is 0. The topological polar surface area (TPSA) is 45.8 Å². The summed E-state index contributed by atoms with van der Waals surface area (Å²) in [5.41, 5.74) is 0.527. The number of halogens is 2. The first kappa shape index (κ1) is 8.93. The fourth-order valence-electron chi connectivity index (χ4n) is 0.686. The lowest BCUT2D eigenvalue weighted by Gasteiger charge is -1.90. The Labute approximate surface area is 80.9 Å². The molecular weight excluding hydrogens is 276 g/mol. The summed E-state index contributed by atoms with van der Waals surface area (Å²) in [6.45, 7) is 1.81. The van der Waals surface area contributed by atoms with Crippen LogP contribution >= 0.6 is 31.9 Å². The number of nitrogens with one attached hydrogen (secondary N) is 1. The van der Waals surface area contributed by atoms with Gasteiger partial charge in [0.2, 0.25) is 0 Å². The van der Waals surface area contributed by atoms with Gasteiger partial charge in [0.25, 0.3) is 0 Å². The van der Waals surface area contributed by atoms with Gasteiger partial charge >= 0.3 is 0 Å². The van der Waals surface area contributed by atoms with Gasteiger partial charge in [-0.1, -0.05) is 6.92 Å². The van der Waals surface area contributed by atoms with Crippen LogP contribution in [0.1, 0.15) is 23.8 Å². The molecule has 1 aromatic heterocycles. The van der Waals surface area contributed by atoms with Gasteiger partial charge in [-0.2, -0.15) is 0 Å². The van der Waals surface area contributed by atoms with E-state index in [0.717, 1.165) is 0 Å². The summed E-state index contributed by atoms with van der Waals surface area (Å²) >= 11 is 6.30. The maximum atomic E-state index is 11.1. The molecule has 5 heteroatoms. The Morgan fingerprint density at radius 1 is 1.64 bits per heavy atom. The first-order valence-electron chi connectivity index (χ1n) is 3.09. The predicted molar refractivity (Wildman–Crippen MR) is 48.6 cm³/mol. The number of hydrogen-bond donors (Lipinski definition) is 1. The monoisotopic (exact) mass is 280 g/mol. The van der Waals surface area contributed by atoms with Crippen LogP contribution in [0.25, 0.3) is 0 Å². The summed E-state index contributed by atoms with van der Waals surface area (Å²) in [5.74, 6) is 0.0510. The highest BCUT2D eigenvalue weighted by Crippen LogP contribution is 2.17. The van der Waals surface area contributed by atoms with Crippen LogP contribution < -0.4 is 0 Å². The average molecular weight is 282 g/mol. The molecule has 1 rings (SSSR count). The molecule has 0 unspecified atom stereocenters. The van der Waals surface area contributed by atoms with Crippen molar-refractivity contribution >= 4 is 37.6 Å². The number of carbonyl (C=O) groups is 1. The van der Waals surface area contributed by atoms with Gasteiger partial charge in [0.1, 0.15) is 10.3 Å². The van der Waals surface area contributed by atoms with Crippen molar-refractivity contribution in [1.29, 1.82) is 0 Å². The fraction of sp³-hybridized carbons (Fsp3) is 0.333. The fourth-order valence-corrected chi connectivity index (χ4v) is 1.80. The van der Waals surface area contributed by atoms with Crippen molar-refractivity contribution in [3.05, 3.63) is 15.0 Å². The first-order valence-corrected chi connectivity index (χ1v) is 4.68. The molecule has 0 saturated heterocycles. The Hall–Kier alpha value is -0.160. The molecule has 60 valence electrons. The van der Waals surface area contributed by atoms with Crippen LogP contribution in [0.3, 0.4) is 0 Å². The molecule has 3 nitrogen and oxygen atoms in total. The Balaban J connectivity index is 3.03. The summed E-state index contributed by atoms with van der Waals surface area (Å²) in [4.78, 5) is 17.9. The average Bonchev–Trinajstić information content (AvgIpc) is 2.28. The van der Waals surface area contributed by atoms with Gasteiger partial charge in [-0.25, -0.2) is 4.98 Å². The maximum absolute atomic E-state index is 11.1. The van der Waals surface area contributed by atoms with Crippen molar-refractivity contribution in [1.82, 2.24) is 9.97 Å². The SMILES string of the molecule is CCC(=O)c1[nH]c(Br)nc1Br. The number of hydrogen-bond acceptors (Lipinski definition) is 2. The Morgan fingerprint density at radius 2 is 2.27 bits per heavy atom. The number of carbonyl (C=O) groups excluding carboxylic acids is 1. The third-order valence-corrected chi connectivity index (χ3v) is 2.18. The quantitative estimate of drug-likeness (QED) is 0.847. The molecule has 0 aliphatic rings. The Morgan fingerprint density at radius 3 is 2.64 bits per heavy atom. The molecule has 0 radical (unpaired) electrons. The molecule has 0 aliphatic heterocycles. The standard InChI is InChI=1S/C6H6Br2N2O/c1-2-3(11)4-5(7)10-6(8)9-4/h2H2,1H3,(H,9,10). The highest BCUT2D eigenvalue weighted by molar-refractivity contribution is 9.11. The van der Waals surface area contributed by atoms with Crippen molar-refractivity contribution in [3.8, 4) is 0 Å². The molecule has 11 heavy (non-hydrogen) atoms. The molecule has 0 bridgehead atoms. The minimum absolute atomic E-state index is 0.0510. The molecule has 1 N–H and O–H groups in total. The second kappa shape index (κ2) is 3.49. The van der Waals surface area contributed by atoms with E-state index in [9.17, 15) is 4.79 Å². The van der Waals surface area contributed by atoms with E-state index in [1.54, 1.807) is 0 Å². The molecule has 1 heterocycles. The zero-order valence-electron chi connectivity index (χ0n) is 5.82. The summed E-state index contributed by atoms with van der Waals surface area (Å²) < 4.78 is 1.14. The summed E-state index contributed by atoms with van der Waals surface area (Å²) in [5, 5.41) is 0. The van der Waals surface area contributed by atoms with E-state index in [0.29, 0.717) is 21.5 Å². The van der Waals surface area contributed by atoms with Gasteiger partial charge in [0.15, 0.2) is 10.5 Å². The van der Waals surface area contributed by atoms with Crippen molar-refractivity contribution in [2.75, 3.05) is 0 Å². The van der Waals surface area contributed by atoms with Crippen LogP contribution in [0.4, 0.5) is 0 Å². The zero-order valence-corrected chi connectivity index (χ0v) is 8.99. The van der Waals surface area contributed by atoms with E-state index in [2.05, 4.69) is 41.8 Å². The van der Waals surface area contributed by atoms with Crippen LogP contribution in [-0.2, 0) is 0 Å². The second-order valence-electron chi connectivity index (χ2n) is 1.97. The minimum Gasteiger partial charge on any atom is -0.329 e. The van der Waals surface area contributed by atoms with Crippen molar-refractivity contribution < 1.29 is 4.79 Å². The molecule has 0 atom stereocenters. The highest BCUT2D eigenvalue weighted by Gasteiger charge is 2.11. The minimum atomic E-state index is 0.0510. The van der Waals surface area contributed by atoms with E-state index >= 15 is 0 Å². The van der Waals surface area contributed by atoms with Gasteiger partial charge in [-0.05, 0) is 31.9 Å². The van der Waals surface area contributed by atoms with Crippen LogP contribution in [0.2, 0.25) is 0 Å². The number of nitrogens with zero attached hydrogens (tertiary/aromatic N) is 1. The predicted octanol–water partition coefficient (Wildman–Crippen LogP) is 2.53. The Kier molecular flexibility index (Phi) is 2.84. The van der Waals surface area contributed by atoms with Crippen LogP contribution in [-0.4, -0.2) is 15.8 Å². The number of aromatic amines is 1. The Bertz CT molecular complexity index is 282.